The van der Waals surface area contributed by atoms with Crippen LogP contribution in [0.15, 0.2) is 18.2 Å². The molecule has 16 heavy (non-hydrogen) atoms. The van der Waals surface area contributed by atoms with Crippen molar-refractivity contribution in [1.82, 2.24) is 0 Å². The minimum Gasteiger partial charge on any atom is -0.325 e. The predicted octanol–water partition coefficient (Wildman–Crippen LogP) is 2.03. The number of nitrogens with two attached hydrogens (primary N) is 1. The second kappa shape index (κ2) is 4.57. The summed E-state index contributed by atoms with van der Waals surface area (Å²) in [5.74, 6) is -1.73. The Morgan fingerprint density at radius 1 is 1.44 bits per heavy atom. The van der Waals surface area contributed by atoms with Gasteiger partial charge in [0.25, 0.3) is 0 Å². The van der Waals surface area contributed by atoms with Crippen LogP contribution in [0.5, 0.6) is 0 Å². The van der Waals surface area contributed by atoms with Crippen molar-refractivity contribution >= 4 is 11.6 Å². The molecule has 0 aliphatic heterocycles. The number of rotatable bonds is 3. The van der Waals surface area contributed by atoms with E-state index in [-0.39, 0.29) is 12.1 Å². The maximum absolute atomic E-state index is 13.2. The van der Waals surface area contributed by atoms with Crippen LogP contribution in [0.1, 0.15) is 20.3 Å². The zero-order valence-corrected chi connectivity index (χ0v) is 9.18. The summed E-state index contributed by atoms with van der Waals surface area (Å²) >= 11 is 0. The molecule has 0 radical (unpaired) electrons. The number of benzene rings is 1. The molecule has 3 nitrogen and oxygen atoms in total. The molecule has 0 aliphatic rings. The molecule has 5 heteroatoms. The first-order valence-corrected chi connectivity index (χ1v) is 4.82. The van der Waals surface area contributed by atoms with Gasteiger partial charge in [-0.15, -0.1) is 0 Å². The lowest BCUT2D eigenvalue weighted by Crippen LogP contribution is -2.36. The van der Waals surface area contributed by atoms with Crippen molar-refractivity contribution in [2.45, 2.75) is 25.8 Å². The zero-order chi connectivity index (χ0) is 12.3. The standard InChI is InChI=1S/C11H14F2N2O/c1-11(2,14)6-10(16)15-9-5-7(12)3-4-8(9)13/h3-5H,6,14H2,1-2H3,(H,15,16). The Morgan fingerprint density at radius 3 is 2.62 bits per heavy atom. The van der Waals surface area contributed by atoms with Gasteiger partial charge in [-0.3, -0.25) is 4.79 Å². The summed E-state index contributed by atoms with van der Waals surface area (Å²) in [7, 11) is 0. The van der Waals surface area contributed by atoms with Gasteiger partial charge >= 0.3 is 0 Å². The lowest BCUT2D eigenvalue weighted by molar-refractivity contribution is -0.117. The van der Waals surface area contributed by atoms with E-state index in [0.717, 1.165) is 18.2 Å². The van der Waals surface area contributed by atoms with Gasteiger partial charge in [-0.25, -0.2) is 8.78 Å². The number of nitrogens with one attached hydrogen (secondary N) is 1. The van der Waals surface area contributed by atoms with E-state index in [1.54, 1.807) is 13.8 Å². The van der Waals surface area contributed by atoms with E-state index in [1.165, 1.54) is 0 Å². The van der Waals surface area contributed by atoms with Crippen LogP contribution in [0.25, 0.3) is 0 Å². The first-order valence-electron chi connectivity index (χ1n) is 4.82. The fraction of sp³-hybridized carbons (Fsp3) is 0.364. The van der Waals surface area contributed by atoms with Gasteiger partial charge in [-0.05, 0) is 26.0 Å². The number of carbonyl (C=O) groups excluding carboxylic acids is 1. The summed E-state index contributed by atoms with van der Waals surface area (Å²) in [6.07, 6.45) is 0.0307. The summed E-state index contributed by atoms with van der Waals surface area (Å²) < 4.78 is 25.9. The smallest absolute Gasteiger partial charge is 0.226 e. The van der Waals surface area contributed by atoms with E-state index in [9.17, 15) is 13.6 Å². The average molecular weight is 228 g/mol. The van der Waals surface area contributed by atoms with E-state index in [1.807, 2.05) is 0 Å². The molecule has 0 aliphatic carbocycles. The highest BCUT2D eigenvalue weighted by Crippen LogP contribution is 2.16. The summed E-state index contributed by atoms with van der Waals surface area (Å²) in [4.78, 5) is 11.4. The van der Waals surface area contributed by atoms with E-state index in [4.69, 9.17) is 5.73 Å². The second-order valence-electron chi connectivity index (χ2n) is 4.34. The van der Waals surface area contributed by atoms with Gasteiger partial charge in [-0.1, -0.05) is 0 Å². The van der Waals surface area contributed by atoms with Gasteiger partial charge in [0.05, 0.1) is 5.69 Å². The third-order valence-corrected chi connectivity index (χ3v) is 1.82. The van der Waals surface area contributed by atoms with Gasteiger partial charge in [0.1, 0.15) is 11.6 Å². The summed E-state index contributed by atoms with van der Waals surface area (Å²) in [6, 6.07) is 2.87. The van der Waals surface area contributed by atoms with E-state index in [0.29, 0.717) is 0 Å². The topological polar surface area (TPSA) is 55.1 Å². The first kappa shape index (κ1) is 12.6. The number of hydrogen-bond acceptors (Lipinski definition) is 2. The summed E-state index contributed by atoms with van der Waals surface area (Å²) in [5.41, 5.74) is 4.77. The van der Waals surface area contributed by atoms with Crippen LogP contribution in [0.3, 0.4) is 0 Å². The molecule has 0 heterocycles. The maximum atomic E-state index is 13.2. The molecule has 0 unspecified atom stereocenters. The predicted molar refractivity (Wildman–Crippen MR) is 57.9 cm³/mol. The van der Waals surface area contributed by atoms with Gasteiger partial charge in [0, 0.05) is 18.0 Å². The van der Waals surface area contributed by atoms with Gasteiger partial charge < -0.3 is 11.1 Å². The Bertz CT molecular complexity index is 399. The monoisotopic (exact) mass is 228 g/mol. The van der Waals surface area contributed by atoms with Crippen LogP contribution in [0.2, 0.25) is 0 Å². The molecule has 1 aromatic rings. The summed E-state index contributed by atoms with van der Waals surface area (Å²) in [6.45, 7) is 3.35. The number of anilines is 1. The van der Waals surface area contributed by atoms with Crippen LogP contribution in [0.4, 0.5) is 14.5 Å². The van der Waals surface area contributed by atoms with Gasteiger partial charge in [0.15, 0.2) is 0 Å². The fourth-order valence-electron chi connectivity index (χ4n) is 1.20. The minimum absolute atomic E-state index is 0.0307. The Kier molecular flexibility index (Phi) is 3.59. The highest BCUT2D eigenvalue weighted by Gasteiger charge is 2.17. The highest BCUT2D eigenvalue weighted by molar-refractivity contribution is 5.91. The molecule has 0 fully saturated rings. The normalized spacial score (nSPS) is 11.3. The third-order valence-electron chi connectivity index (χ3n) is 1.82. The zero-order valence-electron chi connectivity index (χ0n) is 9.18. The lowest BCUT2D eigenvalue weighted by Gasteiger charge is -2.17. The van der Waals surface area contributed by atoms with Crippen molar-refractivity contribution in [1.29, 1.82) is 0 Å². The largest absolute Gasteiger partial charge is 0.325 e. The molecule has 0 bridgehead atoms. The second-order valence-corrected chi connectivity index (χ2v) is 4.34. The molecule has 0 saturated heterocycles. The fourth-order valence-corrected chi connectivity index (χ4v) is 1.20. The lowest BCUT2D eigenvalue weighted by atomic mass is 10.0. The Morgan fingerprint density at radius 2 is 2.06 bits per heavy atom. The van der Waals surface area contributed by atoms with Crippen LogP contribution >= 0.6 is 0 Å². The van der Waals surface area contributed by atoms with Crippen molar-refractivity contribution in [2.24, 2.45) is 5.73 Å². The molecule has 1 aromatic carbocycles. The Balaban J connectivity index is 2.73. The molecule has 0 spiro atoms. The molecule has 0 atom stereocenters. The number of amides is 1. The Hall–Kier alpha value is -1.49. The quantitative estimate of drug-likeness (QED) is 0.831. The van der Waals surface area contributed by atoms with Crippen LogP contribution in [-0.4, -0.2) is 11.4 Å². The van der Waals surface area contributed by atoms with Crippen molar-refractivity contribution < 1.29 is 13.6 Å². The number of halogens is 2. The van der Waals surface area contributed by atoms with Crippen LogP contribution in [-0.2, 0) is 4.79 Å². The Labute approximate surface area is 92.6 Å². The summed E-state index contributed by atoms with van der Waals surface area (Å²) in [5, 5.41) is 2.27. The van der Waals surface area contributed by atoms with Crippen molar-refractivity contribution in [3.8, 4) is 0 Å². The first-order chi connectivity index (χ1) is 7.28. The maximum Gasteiger partial charge on any atom is 0.226 e. The third kappa shape index (κ3) is 3.94. The molecule has 0 saturated carbocycles. The van der Waals surface area contributed by atoms with E-state index >= 15 is 0 Å². The minimum atomic E-state index is -0.687. The van der Waals surface area contributed by atoms with E-state index < -0.39 is 23.1 Å². The van der Waals surface area contributed by atoms with Gasteiger partial charge in [0.2, 0.25) is 5.91 Å². The number of carbonyl (C=O) groups is 1. The number of hydrogen-bond donors (Lipinski definition) is 2. The van der Waals surface area contributed by atoms with E-state index in [2.05, 4.69) is 5.32 Å². The van der Waals surface area contributed by atoms with Crippen LogP contribution < -0.4 is 11.1 Å². The molecular weight excluding hydrogens is 214 g/mol. The van der Waals surface area contributed by atoms with Crippen molar-refractivity contribution in [2.75, 3.05) is 5.32 Å². The van der Waals surface area contributed by atoms with Gasteiger partial charge in [-0.2, -0.15) is 0 Å². The molecule has 1 amide bonds. The average Bonchev–Trinajstić information content (AvgIpc) is 2.08. The van der Waals surface area contributed by atoms with Crippen molar-refractivity contribution in [3.05, 3.63) is 29.8 Å². The van der Waals surface area contributed by atoms with Crippen LogP contribution in [0, 0.1) is 11.6 Å². The highest BCUT2D eigenvalue weighted by atomic mass is 19.1. The molecule has 3 N–H and O–H groups in total. The molecular formula is C11H14F2N2O. The molecule has 88 valence electrons. The SMILES string of the molecule is CC(C)(N)CC(=O)Nc1cc(F)ccc1F. The van der Waals surface area contributed by atoms with Crippen molar-refractivity contribution in [3.63, 3.8) is 0 Å². The molecule has 0 aromatic heterocycles. The molecule has 1 rings (SSSR count).